The van der Waals surface area contributed by atoms with Gasteiger partial charge in [0.2, 0.25) is 0 Å². The zero-order chi connectivity index (χ0) is 15.9. The van der Waals surface area contributed by atoms with Gasteiger partial charge in [0.05, 0.1) is 6.42 Å². The summed E-state index contributed by atoms with van der Waals surface area (Å²) in [6.07, 6.45) is 4.76. The quantitative estimate of drug-likeness (QED) is 0.851. The monoisotopic (exact) mass is 303 g/mol. The van der Waals surface area contributed by atoms with Crippen molar-refractivity contribution in [2.45, 2.75) is 52.0 Å². The second-order valence-corrected chi connectivity index (χ2v) is 6.26. The van der Waals surface area contributed by atoms with Gasteiger partial charge in [-0.2, -0.15) is 0 Å². The molecular weight excluding hydrogens is 278 g/mol. The standard InChI is InChI=1S/C18H25NO3/c1-13-7-9-15(10-8-13)11-18(21)22-12-17(20)19-16-6-4-3-5-14(16)2/h7-10,14,16H,3-6,11-12H2,1-2H3,(H,19,20)/t14-,16+/m1/s1. The summed E-state index contributed by atoms with van der Waals surface area (Å²) in [4.78, 5) is 23.6. The van der Waals surface area contributed by atoms with E-state index in [1.54, 1.807) is 0 Å². The number of amides is 1. The zero-order valence-electron chi connectivity index (χ0n) is 13.4. The van der Waals surface area contributed by atoms with E-state index in [4.69, 9.17) is 4.74 Å². The van der Waals surface area contributed by atoms with E-state index in [2.05, 4.69) is 12.2 Å². The summed E-state index contributed by atoms with van der Waals surface area (Å²) in [6, 6.07) is 7.94. The molecular formula is C18H25NO3. The Bertz CT molecular complexity index is 510. The molecule has 1 N–H and O–H groups in total. The predicted octanol–water partition coefficient (Wildman–Crippen LogP) is 2.78. The molecule has 4 heteroatoms. The molecule has 1 aromatic carbocycles. The van der Waals surface area contributed by atoms with Crippen LogP contribution in [0.15, 0.2) is 24.3 Å². The highest BCUT2D eigenvalue weighted by atomic mass is 16.5. The summed E-state index contributed by atoms with van der Waals surface area (Å²) in [5.74, 6) is -0.0624. The van der Waals surface area contributed by atoms with E-state index in [9.17, 15) is 9.59 Å². The van der Waals surface area contributed by atoms with Crippen molar-refractivity contribution in [2.75, 3.05) is 6.61 Å². The zero-order valence-corrected chi connectivity index (χ0v) is 13.4. The summed E-state index contributed by atoms with van der Waals surface area (Å²) in [5.41, 5.74) is 2.05. The number of rotatable bonds is 5. The Balaban J connectivity index is 1.71. The van der Waals surface area contributed by atoms with Crippen molar-refractivity contribution in [3.63, 3.8) is 0 Å². The molecule has 0 unspecified atom stereocenters. The first kappa shape index (κ1) is 16.5. The Morgan fingerprint density at radius 3 is 2.55 bits per heavy atom. The van der Waals surface area contributed by atoms with Crippen LogP contribution in [0.2, 0.25) is 0 Å². The van der Waals surface area contributed by atoms with Gasteiger partial charge < -0.3 is 10.1 Å². The van der Waals surface area contributed by atoms with Crippen LogP contribution in [0.1, 0.15) is 43.7 Å². The molecule has 1 fully saturated rings. The van der Waals surface area contributed by atoms with Gasteiger partial charge >= 0.3 is 5.97 Å². The van der Waals surface area contributed by atoms with Crippen LogP contribution in [0, 0.1) is 12.8 Å². The van der Waals surface area contributed by atoms with Crippen LogP contribution in [0.5, 0.6) is 0 Å². The number of aryl methyl sites for hydroxylation is 1. The number of hydrogen-bond donors (Lipinski definition) is 1. The first-order chi connectivity index (χ1) is 10.5. The molecule has 0 aliphatic heterocycles. The fraction of sp³-hybridized carbons (Fsp3) is 0.556. The third kappa shape index (κ3) is 5.17. The van der Waals surface area contributed by atoms with E-state index in [-0.39, 0.29) is 30.9 Å². The molecule has 22 heavy (non-hydrogen) atoms. The summed E-state index contributed by atoms with van der Waals surface area (Å²) in [6.45, 7) is 3.97. The lowest BCUT2D eigenvalue weighted by atomic mass is 9.86. The van der Waals surface area contributed by atoms with Gasteiger partial charge in [-0.15, -0.1) is 0 Å². The van der Waals surface area contributed by atoms with Gasteiger partial charge in [-0.1, -0.05) is 49.6 Å². The van der Waals surface area contributed by atoms with Crippen LogP contribution in [-0.4, -0.2) is 24.5 Å². The van der Waals surface area contributed by atoms with Crippen molar-refractivity contribution in [2.24, 2.45) is 5.92 Å². The summed E-state index contributed by atoms with van der Waals surface area (Å²) < 4.78 is 5.06. The molecule has 1 aliphatic carbocycles. The van der Waals surface area contributed by atoms with Crippen LogP contribution in [0.4, 0.5) is 0 Å². The van der Waals surface area contributed by atoms with Crippen molar-refractivity contribution in [3.8, 4) is 0 Å². The second kappa shape index (κ2) is 7.97. The normalized spacial score (nSPS) is 21.2. The fourth-order valence-corrected chi connectivity index (χ4v) is 2.85. The largest absolute Gasteiger partial charge is 0.455 e. The van der Waals surface area contributed by atoms with Crippen molar-refractivity contribution in [3.05, 3.63) is 35.4 Å². The molecule has 4 nitrogen and oxygen atoms in total. The van der Waals surface area contributed by atoms with Crippen LogP contribution in [-0.2, 0) is 20.7 Å². The summed E-state index contributed by atoms with van der Waals surface area (Å²) in [5, 5.41) is 2.98. The van der Waals surface area contributed by atoms with Crippen LogP contribution < -0.4 is 5.32 Å². The molecule has 1 saturated carbocycles. The van der Waals surface area contributed by atoms with Crippen LogP contribution in [0.3, 0.4) is 0 Å². The van der Waals surface area contributed by atoms with Gasteiger partial charge in [0, 0.05) is 6.04 Å². The Hall–Kier alpha value is -1.84. The van der Waals surface area contributed by atoms with Crippen LogP contribution >= 0.6 is 0 Å². The van der Waals surface area contributed by atoms with Gasteiger partial charge in [0.1, 0.15) is 0 Å². The molecule has 0 saturated heterocycles. The lowest BCUT2D eigenvalue weighted by Gasteiger charge is -2.29. The van der Waals surface area contributed by atoms with Gasteiger partial charge in [-0.25, -0.2) is 0 Å². The fourth-order valence-electron chi connectivity index (χ4n) is 2.85. The van der Waals surface area contributed by atoms with Gasteiger partial charge in [-0.3, -0.25) is 9.59 Å². The van der Waals surface area contributed by atoms with Gasteiger partial charge in [0.15, 0.2) is 6.61 Å². The van der Waals surface area contributed by atoms with E-state index in [1.165, 1.54) is 6.42 Å². The van der Waals surface area contributed by atoms with Gasteiger partial charge in [0.25, 0.3) is 5.91 Å². The van der Waals surface area contributed by atoms with E-state index < -0.39 is 0 Å². The molecule has 120 valence electrons. The number of benzene rings is 1. The summed E-state index contributed by atoms with van der Waals surface area (Å²) >= 11 is 0. The minimum absolute atomic E-state index is 0.187. The lowest BCUT2D eigenvalue weighted by molar-refractivity contribution is -0.148. The molecule has 0 bridgehead atoms. The van der Waals surface area contributed by atoms with Gasteiger partial charge in [-0.05, 0) is 31.2 Å². The third-order valence-corrected chi connectivity index (χ3v) is 4.29. The Morgan fingerprint density at radius 2 is 1.86 bits per heavy atom. The maximum absolute atomic E-state index is 11.9. The van der Waals surface area contributed by atoms with E-state index in [0.717, 1.165) is 30.4 Å². The Morgan fingerprint density at radius 1 is 1.18 bits per heavy atom. The molecule has 0 radical (unpaired) electrons. The molecule has 1 aliphatic rings. The molecule has 2 atom stereocenters. The maximum Gasteiger partial charge on any atom is 0.310 e. The number of nitrogens with one attached hydrogen (secondary N) is 1. The molecule has 0 heterocycles. The maximum atomic E-state index is 11.9. The Labute approximate surface area is 132 Å². The first-order valence-corrected chi connectivity index (χ1v) is 8.05. The second-order valence-electron chi connectivity index (χ2n) is 6.26. The van der Waals surface area contributed by atoms with Crippen molar-refractivity contribution in [1.82, 2.24) is 5.32 Å². The van der Waals surface area contributed by atoms with Crippen molar-refractivity contribution in [1.29, 1.82) is 0 Å². The lowest BCUT2D eigenvalue weighted by Crippen LogP contribution is -2.42. The number of carbonyl (C=O) groups excluding carboxylic acids is 2. The number of carbonyl (C=O) groups is 2. The smallest absolute Gasteiger partial charge is 0.310 e. The average molecular weight is 303 g/mol. The van der Waals surface area contributed by atoms with E-state index in [1.807, 2.05) is 31.2 Å². The highest BCUT2D eigenvalue weighted by Gasteiger charge is 2.23. The highest BCUT2D eigenvalue weighted by Crippen LogP contribution is 2.23. The van der Waals surface area contributed by atoms with E-state index >= 15 is 0 Å². The third-order valence-electron chi connectivity index (χ3n) is 4.29. The van der Waals surface area contributed by atoms with Crippen LogP contribution in [0.25, 0.3) is 0 Å². The molecule has 0 spiro atoms. The Kier molecular flexibility index (Phi) is 5.99. The number of ether oxygens (including phenoxy) is 1. The molecule has 1 amide bonds. The van der Waals surface area contributed by atoms with E-state index in [0.29, 0.717) is 5.92 Å². The molecule has 2 rings (SSSR count). The minimum Gasteiger partial charge on any atom is -0.455 e. The predicted molar refractivity (Wildman–Crippen MR) is 85.4 cm³/mol. The van der Waals surface area contributed by atoms with Crippen molar-refractivity contribution >= 4 is 11.9 Å². The highest BCUT2D eigenvalue weighted by molar-refractivity contribution is 5.81. The number of hydrogen-bond acceptors (Lipinski definition) is 3. The first-order valence-electron chi connectivity index (χ1n) is 8.05. The SMILES string of the molecule is Cc1ccc(CC(=O)OCC(=O)N[C@H]2CCCC[C@H]2C)cc1. The number of esters is 1. The topological polar surface area (TPSA) is 55.4 Å². The average Bonchev–Trinajstić information content (AvgIpc) is 2.50. The molecule has 1 aromatic rings. The summed E-state index contributed by atoms with van der Waals surface area (Å²) in [7, 11) is 0. The molecule has 0 aromatic heterocycles. The minimum atomic E-state index is -0.365. The van der Waals surface area contributed by atoms with Crippen molar-refractivity contribution < 1.29 is 14.3 Å².